The third-order valence-electron chi connectivity index (χ3n) is 7.06. The Hall–Kier alpha value is -4.17. The number of benzene rings is 1. The molecule has 15 heteroatoms. The minimum absolute atomic E-state index is 0.0271. The molecule has 248 valence electrons. The summed E-state index contributed by atoms with van der Waals surface area (Å²) in [5.41, 5.74) is -0.852. The predicted octanol–water partition coefficient (Wildman–Crippen LogP) is 6.19. The molecular formula is C31H36ClF3N6O5. The molecule has 2 aromatic heterocycles. The molecule has 1 N–H and O–H groups in total. The third kappa shape index (κ3) is 7.44. The number of aromatic nitrogens is 4. The number of nitrogens with zero attached hydrogens (tertiary/aromatic N) is 5. The van der Waals surface area contributed by atoms with Crippen LogP contribution in [-0.2, 0) is 33.4 Å². The monoisotopic (exact) mass is 664 g/mol. The lowest BCUT2D eigenvalue weighted by Crippen LogP contribution is -2.38. The fourth-order valence-electron chi connectivity index (χ4n) is 5.03. The fraction of sp³-hybridized carbons (Fsp3) is 0.452. The number of fused-ring (bicyclic) bond motifs is 1. The van der Waals surface area contributed by atoms with Gasteiger partial charge in [-0.2, -0.15) is 22.7 Å². The molecular weight excluding hydrogens is 629 g/mol. The van der Waals surface area contributed by atoms with Crippen molar-refractivity contribution < 1.29 is 32.2 Å². The first kappa shape index (κ1) is 34.7. The molecule has 0 saturated heterocycles. The van der Waals surface area contributed by atoms with Gasteiger partial charge in [0, 0.05) is 12.2 Å². The molecule has 1 aliphatic rings. The Morgan fingerprint density at radius 3 is 2.48 bits per heavy atom. The van der Waals surface area contributed by atoms with Gasteiger partial charge in [0.2, 0.25) is 11.7 Å². The van der Waals surface area contributed by atoms with Gasteiger partial charge in [0.05, 0.1) is 40.7 Å². The summed E-state index contributed by atoms with van der Waals surface area (Å²) in [7, 11) is 0. The van der Waals surface area contributed by atoms with Crippen LogP contribution in [0, 0.1) is 0 Å². The number of carbonyl (C=O) groups excluding carboxylic acids is 2. The molecule has 0 spiro atoms. The standard InChI is InChI=1S/C31H36ClF3N6O5/c1-7-22(39(9-3)29(44)46-30(4,5)6)25-23(8-2)40(17-24(42)36-21-11-10-19(16-20(21)32)31(33,34)35)28-37-26(38-41(28)27(25)43)18-12-14-45-15-13-18/h7,10-12,16H,8-9,13-15,17H2,1-6H3,(H,36,42)/b22-7-. The highest BCUT2D eigenvalue weighted by Gasteiger charge is 2.32. The van der Waals surface area contributed by atoms with Gasteiger partial charge < -0.3 is 19.4 Å². The zero-order chi connectivity index (χ0) is 34.0. The summed E-state index contributed by atoms with van der Waals surface area (Å²) in [6.45, 7) is 10.9. The summed E-state index contributed by atoms with van der Waals surface area (Å²) >= 11 is 6.10. The Bertz CT molecular complexity index is 1770. The summed E-state index contributed by atoms with van der Waals surface area (Å²) < 4.78 is 53.1. The molecule has 2 amide bonds. The molecule has 0 radical (unpaired) electrons. The SMILES string of the molecule is C/C=C(/c1c(CC)n(CC(=O)Nc2ccc(C(F)(F)F)cc2Cl)c2nc(C3=CCOCC3)nn2c1=O)N(CC)C(=O)OC(C)(C)C. The van der Waals surface area contributed by atoms with Crippen LogP contribution in [0.5, 0.6) is 0 Å². The first-order chi connectivity index (χ1) is 21.6. The summed E-state index contributed by atoms with van der Waals surface area (Å²) in [6, 6.07) is 2.61. The number of amides is 2. The number of alkyl halides is 3. The number of hydrogen-bond acceptors (Lipinski definition) is 7. The van der Waals surface area contributed by atoms with Gasteiger partial charge in [-0.25, -0.2) is 4.79 Å². The van der Waals surface area contributed by atoms with Crippen molar-refractivity contribution in [2.45, 2.75) is 72.7 Å². The van der Waals surface area contributed by atoms with Crippen LogP contribution in [0.3, 0.4) is 0 Å². The summed E-state index contributed by atoms with van der Waals surface area (Å²) in [4.78, 5) is 46.9. The molecule has 0 atom stereocenters. The van der Waals surface area contributed by atoms with E-state index in [1.54, 1.807) is 47.6 Å². The van der Waals surface area contributed by atoms with Gasteiger partial charge in [0.1, 0.15) is 12.1 Å². The molecule has 0 saturated carbocycles. The molecule has 4 rings (SSSR count). The Kier molecular flexibility index (Phi) is 10.3. The van der Waals surface area contributed by atoms with Crippen LogP contribution >= 0.6 is 11.6 Å². The average molecular weight is 665 g/mol. The van der Waals surface area contributed by atoms with E-state index in [9.17, 15) is 27.6 Å². The van der Waals surface area contributed by atoms with Gasteiger partial charge in [-0.05, 0) is 71.2 Å². The number of carbonyl (C=O) groups is 2. The Morgan fingerprint density at radius 1 is 1.22 bits per heavy atom. The maximum absolute atomic E-state index is 14.2. The average Bonchev–Trinajstić information content (AvgIpc) is 3.43. The summed E-state index contributed by atoms with van der Waals surface area (Å²) in [5, 5.41) is 6.76. The summed E-state index contributed by atoms with van der Waals surface area (Å²) in [5.74, 6) is -0.303. The van der Waals surface area contributed by atoms with Gasteiger partial charge >= 0.3 is 12.3 Å². The first-order valence-electron chi connectivity index (χ1n) is 14.7. The van der Waals surface area contributed by atoms with Crippen LogP contribution in [0.2, 0.25) is 5.02 Å². The first-order valence-corrected chi connectivity index (χ1v) is 15.1. The normalized spacial score (nSPS) is 14.3. The third-order valence-corrected chi connectivity index (χ3v) is 7.37. The van der Waals surface area contributed by atoms with E-state index in [0.29, 0.717) is 25.3 Å². The quantitative estimate of drug-likeness (QED) is 0.305. The van der Waals surface area contributed by atoms with Crippen molar-refractivity contribution in [3.05, 3.63) is 68.4 Å². The van der Waals surface area contributed by atoms with Crippen LogP contribution in [0.25, 0.3) is 17.0 Å². The predicted molar refractivity (Wildman–Crippen MR) is 167 cm³/mol. The van der Waals surface area contributed by atoms with Crippen molar-refractivity contribution in [2.75, 3.05) is 25.1 Å². The number of rotatable bonds is 8. The van der Waals surface area contributed by atoms with E-state index in [4.69, 9.17) is 21.1 Å². The van der Waals surface area contributed by atoms with E-state index in [1.165, 1.54) is 9.47 Å². The van der Waals surface area contributed by atoms with Crippen LogP contribution < -0.4 is 10.9 Å². The lowest BCUT2D eigenvalue weighted by molar-refractivity contribution is -0.137. The molecule has 0 bridgehead atoms. The van der Waals surface area contributed by atoms with E-state index in [2.05, 4.69) is 15.4 Å². The van der Waals surface area contributed by atoms with Crippen molar-refractivity contribution >= 4 is 46.3 Å². The van der Waals surface area contributed by atoms with E-state index in [0.717, 1.165) is 28.3 Å². The number of halogens is 4. The highest BCUT2D eigenvalue weighted by molar-refractivity contribution is 6.33. The van der Waals surface area contributed by atoms with Crippen LogP contribution in [0.4, 0.5) is 23.7 Å². The molecule has 3 aromatic rings. The second-order valence-electron chi connectivity index (χ2n) is 11.4. The van der Waals surface area contributed by atoms with Gasteiger partial charge in [-0.3, -0.25) is 14.5 Å². The van der Waals surface area contributed by atoms with Gasteiger partial charge in [-0.15, -0.1) is 5.10 Å². The van der Waals surface area contributed by atoms with Crippen LogP contribution in [0.15, 0.2) is 35.1 Å². The number of nitrogens with one attached hydrogen (secondary N) is 1. The lowest BCUT2D eigenvalue weighted by atomic mass is 10.1. The van der Waals surface area contributed by atoms with Gasteiger partial charge in [-0.1, -0.05) is 30.7 Å². The maximum atomic E-state index is 14.2. The van der Waals surface area contributed by atoms with Gasteiger partial charge in [0.15, 0.2) is 5.82 Å². The molecule has 1 aromatic carbocycles. The Labute approximate surface area is 268 Å². The molecule has 0 fully saturated rings. The van der Waals surface area contributed by atoms with Crippen molar-refractivity contribution in [1.29, 1.82) is 0 Å². The van der Waals surface area contributed by atoms with Crippen molar-refractivity contribution in [3.8, 4) is 0 Å². The molecule has 1 aliphatic heterocycles. The van der Waals surface area contributed by atoms with Gasteiger partial charge in [0.25, 0.3) is 5.56 Å². The number of anilines is 1. The number of hydrogen-bond donors (Lipinski definition) is 1. The smallest absolute Gasteiger partial charge is 0.416 e. The van der Waals surface area contributed by atoms with Crippen molar-refractivity contribution in [3.63, 3.8) is 0 Å². The van der Waals surface area contributed by atoms with E-state index in [-0.39, 0.29) is 46.5 Å². The van der Waals surface area contributed by atoms with E-state index in [1.807, 2.05) is 6.08 Å². The van der Waals surface area contributed by atoms with Crippen molar-refractivity contribution in [2.24, 2.45) is 0 Å². The molecule has 0 unspecified atom stereocenters. The summed E-state index contributed by atoms with van der Waals surface area (Å²) in [6.07, 6.45) is -1.11. The Balaban J connectivity index is 1.88. The van der Waals surface area contributed by atoms with Crippen LogP contribution in [-0.4, -0.2) is 61.4 Å². The highest BCUT2D eigenvalue weighted by Crippen LogP contribution is 2.34. The maximum Gasteiger partial charge on any atom is 0.416 e. The highest BCUT2D eigenvalue weighted by atomic mass is 35.5. The number of allylic oxidation sites excluding steroid dienone is 1. The van der Waals surface area contributed by atoms with E-state index < -0.39 is 41.4 Å². The molecule has 3 heterocycles. The minimum atomic E-state index is -4.61. The minimum Gasteiger partial charge on any atom is -0.443 e. The topological polar surface area (TPSA) is 120 Å². The second-order valence-corrected chi connectivity index (χ2v) is 11.8. The molecule has 11 nitrogen and oxygen atoms in total. The largest absolute Gasteiger partial charge is 0.443 e. The molecule has 46 heavy (non-hydrogen) atoms. The van der Waals surface area contributed by atoms with Crippen molar-refractivity contribution in [1.82, 2.24) is 24.1 Å². The lowest BCUT2D eigenvalue weighted by Gasteiger charge is -2.29. The second kappa shape index (κ2) is 13.7. The van der Waals surface area contributed by atoms with Crippen LogP contribution in [0.1, 0.15) is 70.6 Å². The zero-order valence-electron chi connectivity index (χ0n) is 26.4. The Morgan fingerprint density at radius 2 is 1.93 bits per heavy atom. The zero-order valence-corrected chi connectivity index (χ0v) is 27.2. The van der Waals surface area contributed by atoms with E-state index >= 15 is 0 Å². The molecule has 0 aliphatic carbocycles. The number of ether oxygens (including phenoxy) is 2. The fourth-order valence-corrected chi connectivity index (χ4v) is 5.26.